The molecule has 0 saturated heterocycles. The van der Waals surface area contributed by atoms with Gasteiger partial charge in [0.2, 0.25) is 0 Å². The van der Waals surface area contributed by atoms with E-state index in [0.717, 1.165) is 11.4 Å². The Bertz CT molecular complexity index is 521. The van der Waals surface area contributed by atoms with Crippen molar-refractivity contribution in [3.63, 3.8) is 0 Å². The van der Waals surface area contributed by atoms with Gasteiger partial charge in [-0.15, -0.1) is 0 Å². The molecule has 2 nitrogen and oxygen atoms in total. The zero-order chi connectivity index (χ0) is 13.0. The molecule has 0 heterocycles. The fraction of sp³-hybridized carbons (Fsp3) is 0.200. The summed E-state index contributed by atoms with van der Waals surface area (Å²) in [5.41, 5.74) is 9.08. The Morgan fingerprint density at radius 3 is 2.50 bits per heavy atom. The topological polar surface area (TPSA) is 38.0 Å². The van der Waals surface area contributed by atoms with E-state index in [4.69, 9.17) is 5.73 Å². The molecule has 3 N–H and O–H groups in total. The average molecular weight is 244 g/mol. The van der Waals surface area contributed by atoms with Crippen LogP contribution in [0.4, 0.5) is 15.8 Å². The minimum absolute atomic E-state index is 0.211. The van der Waals surface area contributed by atoms with Gasteiger partial charge in [0.1, 0.15) is 5.82 Å². The SMILES string of the molecule is Cc1ccc(Nc2cccc(F)c2CCN)cc1. The normalized spacial score (nSPS) is 10.4. The molecule has 2 rings (SSSR count). The maximum atomic E-state index is 13.7. The third kappa shape index (κ3) is 2.87. The molecule has 0 aliphatic rings. The highest BCUT2D eigenvalue weighted by atomic mass is 19.1. The molecule has 3 heteroatoms. The van der Waals surface area contributed by atoms with Crippen LogP contribution in [-0.4, -0.2) is 6.54 Å². The molecular weight excluding hydrogens is 227 g/mol. The van der Waals surface area contributed by atoms with Gasteiger partial charge in [0.25, 0.3) is 0 Å². The van der Waals surface area contributed by atoms with E-state index in [1.807, 2.05) is 37.3 Å². The van der Waals surface area contributed by atoms with Crippen LogP contribution >= 0.6 is 0 Å². The second kappa shape index (κ2) is 5.65. The number of halogens is 1. The molecule has 18 heavy (non-hydrogen) atoms. The Kier molecular flexibility index (Phi) is 3.95. The van der Waals surface area contributed by atoms with Crippen LogP contribution in [0.3, 0.4) is 0 Å². The van der Waals surface area contributed by atoms with E-state index in [1.54, 1.807) is 6.07 Å². The minimum atomic E-state index is -0.211. The summed E-state index contributed by atoms with van der Waals surface area (Å²) in [7, 11) is 0. The lowest BCUT2D eigenvalue weighted by molar-refractivity contribution is 0.610. The summed E-state index contributed by atoms with van der Waals surface area (Å²) in [6, 6.07) is 13.0. The number of anilines is 2. The van der Waals surface area contributed by atoms with E-state index in [1.165, 1.54) is 11.6 Å². The van der Waals surface area contributed by atoms with Crippen molar-refractivity contribution < 1.29 is 4.39 Å². The van der Waals surface area contributed by atoms with Gasteiger partial charge in [-0.1, -0.05) is 23.8 Å². The first kappa shape index (κ1) is 12.6. The van der Waals surface area contributed by atoms with E-state index < -0.39 is 0 Å². The average Bonchev–Trinajstić information content (AvgIpc) is 2.36. The van der Waals surface area contributed by atoms with Crippen molar-refractivity contribution in [3.05, 3.63) is 59.4 Å². The van der Waals surface area contributed by atoms with Gasteiger partial charge in [-0.25, -0.2) is 4.39 Å². The summed E-state index contributed by atoms with van der Waals surface area (Å²) in [5.74, 6) is -0.211. The monoisotopic (exact) mass is 244 g/mol. The number of hydrogen-bond donors (Lipinski definition) is 2. The number of aryl methyl sites for hydroxylation is 1. The van der Waals surface area contributed by atoms with Gasteiger partial charge in [-0.2, -0.15) is 0 Å². The Morgan fingerprint density at radius 1 is 1.11 bits per heavy atom. The number of rotatable bonds is 4. The standard InChI is InChI=1S/C15H17FN2/c1-11-5-7-12(8-6-11)18-15-4-2-3-14(16)13(15)9-10-17/h2-8,18H,9-10,17H2,1H3. The lowest BCUT2D eigenvalue weighted by Gasteiger charge is -2.12. The van der Waals surface area contributed by atoms with Gasteiger partial charge in [0, 0.05) is 16.9 Å². The molecule has 0 aliphatic carbocycles. The molecule has 0 amide bonds. The third-order valence-corrected chi connectivity index (χ3v) is 2.84. The van der Waals surface area contributed by atoms with Crippen molar-refractivity contribution in [2.75, 3.05) is 11.9 Å². The molecular formula is C15H17FN2. The van der Waals surface area contributed by atoms with Crippen LogP contribution in [0.25, 0.3) is 0 Å². The van der Waals surface area contributed by atoms with Crippen LogP contribution in [0, 0.1) is 12.7 Å². The summed E-state index contributed by atoms with van der Waals surface area (Å²) in [6.45, 7) is 2.47. The number of nitrogens with two attached hydrogens (primary N) is 1. The summed E-state index contributed by atoms with van der Waals surface area (Å²) < 4.78 is 13.7. The van der Waals surface area contributed by atoms with Crippen LogP contribution in [0.1, 0.15) is 11.1 Å². The molecule has 0 fully saturated rings. The number of benzene rings is 2. The molecule has 2 aromatic carbocycles. The Hall–Kier alpha value is -1.87. The molecule has 0 unspecified atom stereocenters. The molecule has 0 spiro atoms. The molecule has 0 aromatic heterocycles. The molecule has 94 valence electrons. The van der Waals surface area contributed by atoms with Gasteiger partial charge < -0.3 is 11.1 Å². The lowest BCUT2D eigenvalue weighted by Crippen LogP contribution is -2.07. The Morgan fingerprint density at radius 2 is 1.83 bits per heavy atom. The molecule has 0 bridgehead atoms. The van der Waals surface area contributed by atoms with Gasteiger partial charge in [-0.3, -0.25) is 0 Å². The summed E-state index contributed by atoms with van der Waals surface area (Å²) >= 11 is 0. The smallest absolute Gasteiger partial charge is 0.128 e. The predicted octanol–water partition coefficient (Wildman–Crippen LogP) is 3.38. The quantitative estimate of drug-likeness (QED) is 0.865. The predicted molar refractivity (Wildman–Crippen MR) is 73.6 cm³/mol. The Labute approximate surface area is 107 Å². The van der Waals surface area contributed by atoms with E-state index in [9.17, 15) is 4.39 Å². The summed E-state index contributed by atoms with van der Waals surface area (Å²) in [6.07, 6.45) is 0.529. The minimum Gasteiger partial charge on any atom is -0.355 e. The third-order valence-electron chi connectivity index (χ3n) is 2.84. The van der Waals surface area contributed by atoms with Gasteiger partial charge >= 0.3 is 0 Å². The van der Waals surface area contributed by atoms with Crippen LogP contribution in [-0.2, 0) is 6.42 Å². The van der Waals surface area contributed by atoms with E-state index in [-0.39, 0.29) is 5.82 Å². The first-order valence-corrected chi connectivity index (χ1v) is 6.02. The molecule has 0 saturated carbocycles. The second-order valence-electron chi connectivity index (χ2n) is 4.30. The van der Waals surface area contributed by atoms with Crippen LogP contribution in [0.2, 0.25) is 0 Å². The number of nitrogens with one attached hydrogen (secondary N) is 1. The Balaban J connectivity index is 2.28. The largest absolute Gasteiger partial charge is 0.355 e. The number of hydrogen-bond acceptors (Lipinski definition) is 2. The fourth-order valence-electron chi connectivity index (χ4n) is 1.87. The van der Waals surface area contributed by atoms with Crippen molar-refractivity contribution in [3.8, 4) is 0 Å². The van der Waals surface area contributed by atoms with E-state index >= 15 is 0 Å². The van der Waals surface area contributed by atoms with Crippen molar-refractivity contribution in [1.29, 1.82) is 0 Å². The maximum absolute atomic E-state index is 13.7. The first-order chi connectivity index (χ1) is 8.70. The van der Waals surface area contributed by atoms with Crippen molar-refractivity contribution in [1.82, 2.24) is 0 Å². The first-order valence-electron chi connectivity index (χ1n) is 6.02. The van der Waals surface area contributed by atoms with E-state index in [0.29, 0.717) is 18.5 Å². The van der Waals surface area contributed by atoms with Gasteiger partial charge in [-0.05, 0) is 44.2 Å². The van der Waals surface area contributed by atoms with Crippen molar-refractivity contribution in [2.24, 2.45) is 5.73 Å². The van der Waals surface area contributed by atoms with E-state index in [2.05, 4.69) is 5.32 Å². The van der Waals surface area contributed by atoms with Gasteiger partial charge in [0.05, 0.1) is 0 Å². The highest BCUT2D eigenvalue weighted by Crippen LogP contribution is 2.23. The van der Waals surface area contributed by atoms with Gasteiger partial charge in [0.15, 0.2) is 0 Å². The summed E-state index contributed by atoms with van der Waals surface area (Å²) in [5, 5.41) is 3.23. The van der Waals surface area contributed by atoms with Crippen LogP contribution in [0.15, 0.2) is 42.5 Å². The van der Waals surface area contributed by atoms with Crippen molar-refractivity contribution in [2.45, 2.75) is 13.3 Å². The molecule has 0 radical (unpaired) electrons. The maximum Gasteiger partial charge on any atom is 0.128 e. The summed E-state index contributed by atoms with van der Waals surface area (Å²) in [4.78, 5) is 0. The highest BCUT2D eigenvalue weighted by molar-refractivity contribution is 5.63. The zero-order valence-corrected chi connectivity index (χ0v) is 10.4. The lowest BCUT2D eigenvalue weighted by atomic mass is 10.1. The molecule has 0 aliphatic heterocycles. The zero-order valence-electron chi connectivity index (χ0n) is 10.4. The van der Waals surface area contributed by atoms with Crippen molar-refractivity contribution >= 4 is 11.4 Å². The molecule has 2 aromatic rings. The highest BCUT2D eigenvalue weighted by Gasteiger charge is 2.07. The van der Waals surface area contributed by atoms with Crippen LogP contribution in [0.5, 0.6) is 0 Å². The molecule has 0 atom stereocenters. The second-order valence-corrected chi connectivity index (χ2v) is 4.30. The van der Waals surface area contributed by atoms with Crippen LogP contribution < -0.4 is 11.1 Å². The fourth-order valence-corrected chi connectivity index (χ4v) is 1.87.